The number of methoxy groups -OCH3 is 1. The molecule has 1 aromatic rings. The highest BCUT2D eigenvalue weighted by Crippen LogP contribution is 2.36. The van der Waals surface area contributed by atoms with Gasteiger partial charge in [-0.25, -0.2) is 4.79 Å². The summed E-state index contributed by atoms with van der Waals surface area (Å²) in [5.41, 5.74) is 2.22. The van der Waals surface area contributed by atoms with Crippen LogP contribution in [0.25, 0.3) is 0 Å². The molecule has 6 heteroatoms. The molecule has 1 aliphatic rings. The zero-order valence-electron chi connectivity index (χ0n) is 12.3. The van der Waals surface area contributed by atoms with Crippen molar-refractivity contribution < 1.29 is 19.4 Å². The van der Waals surface area contributed by atoms with Gasteiger partial charge in [-0.05, 0) is 30.0 Å². The highest BCUT2D eigenvalue weighted by Gasteiger charge is 2.27. The Hall–Kier alpha value is -2.24. The lowest BCUT2D eigenvalue weighted by Gasteiger charge is -2.21. The molecule has 2 N–H and O–H groups in total. The summed E-state index contributed by atoms with van der Waals surface area (Å²) in [5.74, 6) is -0.0610. The van der Waals surface area contributed by atoms with Crippen LogP contribution in [0.4, 0.5) is 4.79 Å². The molecule has 0 aliphatic heterocycles. The van der Waals surface area contributed by atoms with Gasteiger partial charge in [0.25, 0.3) is 0 Å². The van der Waals surface area contributed by atoms with E-state index in [9.17, 15) is 9.59 Å². The number of carboxylic acids is 1. The number of hydrogen-bond donors (Lipinski definition) is 2. The molecule has 0 radical (unpaired) electrons. The van der Waals surface area contributed by atoms with Crippen LogP contribution in [0.5, 0.6) is 5.75 Å². The van der Waals surface area contributed by atoms with Gasteiger partial charge in [0.2, 0.25) is 0 Å². The molecule has 0 bridgehead atoms. The third kappa shape index (κ3) is 3.45. The van der Waals surface area contributed by atoms with Crippen LogP contribution in [0.15, 0.2) is 18.2 Å². The molecular weight excluding hydrogens is 272 g/mol. The van der Waals surface area contributed by atoms with Crippen LogP contribution < -0.4 is 10.1 Å². The van der Waals surface area contributed by atoms with Crippen LogP contribution in [0.2, 0.25) is 0 Å². The summed E-state index contributed by atoms with van der Waals surface area (Å²) < 4.78 is 5.33. The molecule has 0 heterocycles. The predicted molar refractivity (Wildman–Crippen MR) is 77.5 cm³/mol. The SMILES string of the molecule is COc1cccc2c1CCC2NC(=O)N(C)CCC(=O)O. The molecule has 0 spiro atoms. The number of carboxylic acid groups (broad SMARTS) is 1. The fourth-order valence-electron chi connectivity index (χ4n) is 2.59. The number of aliphatic carboxylic acids is 1. The van der Waals surface area contributed by atoms with Gasteiger partial charge in [0.1, 0.15) is 5.75 Å². The van der Waals surface area contributed by atoms with Gasteiger partial charge in [-0.1, -0.05) is 12.1 Å². The van der Waals surface area contributed by atoms with Gasteiger partial charge in [-0.2, -0.15) is 0 Å². The van der Waals surface area contributed by atoms with E-state index < -0.39 is 5.97 Å². The fourth-order valence-corrected chi connectivity index (χ4v) is 2.59. The first-order valence-corrected chi connectivity index (χ1v) is 6.92. The Bertz CT molecular complexity index is 544. The first-order valence-electron chi connectivity index (χ1n) is 6.92. The summed E-state index contributed by atoms with van der Waals surface area (Å²) in [6.45, 7) is 0.193. The summed E-state index contributed by atoms with van der Waals surface area (Å²) in [5, 5.41) is 11.6. The third-order valence-corrected chi connectivity index (χ3v) is 3.75. The highest BCUT2D eigenvalue weighted by atomic mass is 16.5. The monoisotopic (exact) mass is 292 g/mol. The van der Waals surface area contributed by atoms with Crippen LogP contribution in [0, 0.1) is 0 Å². The number of fused-ring (bicyclic) bond motifs is 1. The van der Waals surface area contributed by atoms with Crippen LogP contribution in [-0.4, -0.2) is 42.7 Å². The van der Waals surface area contributed by atoms with E-state index >= 15 is 0 Å². The number of carbonyl (C=O) groups is 2. The maximum atomic E-state index is 12.1. The van der Waals surface area contributed by atoms with Crippen molar-refractivity contribution in [3.05, 3.63) is 29.3 Å². The lowest BCUT2D eigenvalue weighted by atomic mass is 10.1. The number of carbonyl (C=O) groups excluding carboxylic acids is 1. The van der Waals surface area contributed by atoms with Crippen LogP contribution in [0.1, 0.15) is 30.0 Å². The zero-order valence-corrected chi connectivity index (χ0v) is 12.3. The van der Waals surface area contributed by atoms with Gasteiger partial charge >= 0.3 is 12.0 Å². The molecule has 1 aliphatic carbocycles. The van der Waals surface area contributed by atoms with Crippen molar-refractivity contribution in [2.24, 2.45) is 0 Å². The van der Waals surface area contributed by atoms with Crippen molar-refractivity contribution >= 4 is 12.0 Å². The second-order valence-electron chi connectivity index (χ2n) is 5.13. The number of urea groups is 1. The highest BCUT2D eigenvalue weighted by molar-refractivity contribution is 5.75. The van der Waals surface area contributed by atoms with E-state index in [4.69, 9.17) is 9.84 Å². The van der Waals surface area contributed by atoms with Crippen molar-refractivity contribution in [2.75, 3.05) is 20.7 Å². The van der Waals surface area contributed by atoms with E-state index in [0.717, 1.165) is 29.7 Å². The van der Waals surface area contributed by atoms with E-state index in [1.54, 1.807) is 14.2 Å². The minimum atomic E-state index is -0.911. The van der Waals surface area contributed by atoms with Gasteiger partial charge in [0, 0.05) is 13.6 Å². The Morgan fingerprint density at radius 3 is 2.90 bits per heavy atom. The minimum Gasteiger partial charge on any atom is -0.496 e. The Morgan fingerprint density at radius 2 is 2.24 bits per heavy atom. The van der Waals surface area contributed by atoms with Crippen molar-refractivity contribution in [2.45, 2.75) is 25.3 Å². The third-order valence-electron chi connectivity index (χ3n) is 3.75. The summed E-state index contributed by atoms with van der Waals surface area (Å²) in [7, 11) is 3.24. The number of amides is 2. The molecule has 1 atom stereocenters. The predicted octanol–water partition coefficient (Wildman–Crippen LogP) is 1.80. The molecule has 0 saturated carbocycles. The number of ether oxygens (including phenoxy) is 1. The Morgan fingerprint density at radius 1 is 1.48 bits per heavy atom. The van der Waals surface area contributed by atoms with Crippen molar-refractivity contribution in [3.63, 3.8) is 0 Å². The van der Waals surface area contributed by atoms with Gasteiger partial charge in [-0.3, -0.25) is 4.79 Å². The lowest BCUT2D eigenvalue weighted by molar-refractivity contribution is -0.137. The number of hydrogen-bond acceptors (Lipinski definition) is 3. The Kier molecular flexibility index (Phi) is 4.67. The van der Waals surface area contributed by atoms with Crippen molar-refractivity contribution in [3.8, 4) is 5.75 Å². The molecular formula is C15H20N2O4. The molecule has 1 unspecified atom stereocenters. The largest absolute Gasteiger partial charge is 0.496 e. The molecule has 1 aromatic carbocycles. The standard InChI is InChI=1S/C15H20N2O4/c1-17(9-8-14(18)19)15(20)16-12-7-6-11-10(12)4-3-5-13(11)21-2/h3-5,12H,6-9H2,1-2H3,(H,16,20)(H,18,19). The maximum Gasteiger partial charge on any atom is 0.317 e. The topological polar surface area (TPSA) is 78.9 Å². The molecule has 2 rings (SSSR count). The summed E-state index contributed by atoms with van der Waals surface area (Å²) in [6.07, 6.45) is 1.64. The van der Waals surface area contributed by atoms with Crippen LogP contribution in [-0.2, 0) is 11.2 Å². The zero-order chi connectivity index (χ0) is 15.4. The van der Waals surface area contributed by atoms with Gasteiger partial charge in [0.05, 0.1) is 19.6 Å². The molecule has 114 valence electrons. The van der Waals surface area contributed by atoms with E-state index in [0.29, 0.717) is 0 Å². The Balaban J connectivity index is 2.00. The normalized spacial score (nSPS) is 16.2. The minimum absolute atomic E-state index is 0.0464. The molecule has 0 aromatic heterocycles. The van der Waals surface area contributed by atoms with E-state index in [1.165, 1.54) is 4.90 Å². The second kappa shape index (κ2) is 6.47. The second-order valence-corrected chi connectivity index (χ2v) is 5.13. The number of benzene rings is 1. The molecule has 6 nitrogen and oxygen atoms in total. The van der Waals surface area contributed by atoms with E-state index in [-0.39, 0.29) is 25.0 Å². The van der Waals surface area contributed by atoms with Crippen LogP contribution >= 0.6 is 0 Å². The first kappa shape index (κ1) is 15.2. The van der Waals surface area contributed by atoms with Gasteiger partial charge < -0.3 is 20.1 Å². The number of nitrogens with one attached hydrogen (secondary N) is 1. The summed E-state index contributed by atoms with van der Waals surface area (Å²) in [4.78, 5) is 24.0. The smallest absolute Gasteiger partial charge is 0.317 e. The maximum absolute atomic E-state index is 12.1. The van der Waals surface area contributed by atoms with Crippen LogP contribution in [0.3, 0.4) is 0 Å². The van der Waals surface area contributed by atoms with Crippen molar-refractivity contribution in [1.29, 1.82) is 0 Å². The number of nitrogens with zero attached hydrogens (tertiary/aromatic N) is 1. The summed E-state index contributed by atoms with van der Waals surface area (Å²) in [6, 6.07) is 5.53. The molecule has 21 heavy (non-hydrogen) atoms. The molecule has 0 saturated heterocycles. The van der Waals surface area contributed by atoms with E-state index in [1.807, 2.05) is 18.2 Å². The molecule has 2 amide bonds. The molecule has 0 fully saturated rings. The first-order chi connectivity index (χ1) is 10.0. The quantitative estimate of drug-likeness (QED) is 0.867. The Labute approximate surface area is 123 Å². The average Bonchev–Trinajstić information content (AvgIpc) is 2.87. The average molecular weight is 292 g/mol. The summed E-state index contributed by atoms with van der Waals surface area (Å²) >= 11 is 0. The van der Waals surface area contributed by atoms with Gasteiger partial charge in [-0.15, -0.1) is 0 Å². The van der Waals surface area contributed by atoms with Crippen molar-refractivity contribution in [1.82, 2.24) is 10.2 Å². The van der Waals surface area contributed by atoms with Gasteiger partial charge in [0.15, 0.2) is 0 Å². The fraction of sp³-hybridized carbons (Fsp3) is 0.467. The number of rotatable bonds is 5. The lowest BCUT2D eigenvalue weighted by Crippen LogP contribution is -2.39. The van der Waals surface area contributed by atoms with E-state index in [2.05, 4.69) is 5.32 Å².